The Balaban J connectivity index is 1.76. The predicted octanol–water partition coefficient (Wildman–Crippen LogP) is 2.40. The van der Waals surface area contributed by atoms with Crippen LogP contribution in [0.1, 0.15) is 5.56 Å². The Kier molecular flexibility index (Phi) is 5.99. The highest BCUT2D eigenvalue weighted by Crippen LogP contribution is 2.44. The molecule has 10 heteroatoms. The van der Waals surface area contributed by atoms with Crippen LogP contribution in [0.25, 0.3) is 10.9 Å². The van der Waals surface area contributed by atoms with E-state index in [-0.39, 0.29) is 13.4 Å². The fraction of sp³-hybridized carbons (Fsp3) is 0.333. The summed E-state index contributed by atoms with van der Waals surface area (Å²) in [6.07, 6.45) is 0. The average molecular weight is 428 g/mol. The smallest absolute Gasteiger partial charge is 0.231 e. The van der Waals surface area contributed by atoms with Crippen LogP contribution in [0.4, 0.5) is 11.8 Å². The lowest BCUT2D eigenvalue weighted by atomic mass is 10.1. The van der Waals surface area contributed by atoms with Crippen LogP contribution in [0, 0.1) is 0 Å². The molecular formula is C21H24N4O6. The minimum atomic E-state index is -0.0512. The fourth-order valence-corrected chi connectivity index (χ4v) is 3.35. The molecule has 0 atom stereocenters. The summed E-state index contributed by atoms with van der Waals surface area (Å²) in [5.74, 6) is 3.72. The van der Waals surface area contributed by atoms with E-state index in [0.29, 0.717) is 58.8 Å². The van der Waals surface area contributed by atoms with Crippen molar-refractivity contribution in [3.8, 4) is 28.7 Å². The molecule has 0 amide bonds. The van der Waals surface area contributed by atoms with Crippen molar-refractivity contribution in [2.24, 2.45) is 0 Å². The van der Waals surface area contributed by atoms with Gasteiger partial charge in [0, 0.05) is 13.1 Å². The lowest BCUT2D eigenvalue weighted by Gasteiger charge is -2.17. The Labute approximate surface area is 179 Å². The van der Waals surface area contributed by atoms with Crippen LogP contribution in [-0.2, 0) is 6.54 Å². The highest BCUT2D eigenvalue weighted by atomic mass is 16.7. The molecule has 1 aliphatic heterocycles. The first-order valence-corrected chi connectivity index (χ1v) is 9.66. The molecule has 0 fully saturated rings. The summed E-state index contributed by atoms with van der Waals surface area (Å²) in [7, 11) is 4.64. The van der Waals surface area contributed by atoms with E-state index >= 15 is 0 Å². The number of fused-ring (bicyclic) bond motifs is 2. The van der Waals surface area contributed by atoms with Crippen LogP contribution in [-0.4, -0.2) is 56.3 Å². The Morgan fingerprint density at radius 3 is 2.52 bits per heavy atom. The fourth-order valence-electron chi connectivity index (χ4n) is 3.35. The Morgan fingerprint density at radius 2 is 1.77 bits per heavy atom. The maximum absolute atomic E-state index is 9.17. The van der Waals surface area contributed by atoms with Crippen LogP contribution in [0.5, 0.6) is 28.7 Å². The second-order valence-corrected chi connectivity index (χ2v) is 6.63. The number of nitrogens with one attached hydrogen (secondary N) is 2. The molecule has 0 bridgehead atoms. The average Bonchev–Trinajstić information content (AvgIpc) is 3.27. The van der Waals surface area contributed by atoms with Crippen molar-refractivity contribution in [3.63, 3.8) is 0 Å². The Morgan fingerprint density at radius 1 is 0.968 bits per heavy atom. The number of aliphatic hydroxyl groups is 1. The third-order valence-electron chi connectivity index (χ3n) is 4.79. The topological polar surface area (TPSA) is 116 Å². The number of nitrogens with zero attached hydrogens (tertiary/aromatic N) is 2. The van der Waals surface area contributed by atoms with Crippen molar-refractivity contribution < 1.29 is 28.8 Å². The van der Waals surface area contributed by atoms with Gasteiger partial charge in [-0.05, 0) is 23.8 Å². The lowest BCUT2D eigenvalue weighted by molar-refractivity contribution is 0.174. The maximum Gasteiger partial charge on any atom is 0.231 e. The van der Waals surface area contributed by atoms with Gasteiger partial charge in [0.1, 0.15) is 11.3 Å². The normalized spacial score (nSPS) is 12.0. The molecule has 1 aliphatic rings. The molecule has 164 valence electrons. The van der Waals surface area contributed by atoms with Crippen molar-refractivity contribution in [3.05, 3.63) is 29.8 Å². The minimum absolute atomic E-state index is 0.0512. The SMILES string of the molecule is COc1cc2c(NCc3ccc4c(c3)OCO4)nc(NCCO)nc2c(OC)c1OC. The number of aromatic nitrogens is 2. The van der Waals surface area contributed by atoms with Gasteiger partial charge >= 0.3 is 0 Å². The standard InChI is InChI=1S/C21H24N4O6/c1-27-16-9-13-17(19(29-3)18(16)28-2)24-21(22-6-7-26)25-20(13)23-10-12-4-5-14-15(8-12)31-11-30-14/h4-5,8-9,26H,6-7,10-11H2,1-3H3,(H2,22,23,24,25). The predicted molar refractivity (Wildman–Crippen MR) is 115 cm³/mol. The molecule has 3 N–H and O–H groups in total. The number of benzene rings is 2. The van der Waals surface area contributed by atoms with E-state index in [1.165, 1.54) is 7.11 Å². The van der Waals surface area contributed by atoms with Crippen molar-refractivity contribution >= 4 is 22.7 Å². The number of anilines is 2. The van der Waals surface area contributed by atoms with Gasteiger partial charge in [-0.2, -0.15) is 4.98 Å². The minimum Gasteiger partial charge on any atom is -0.493 e. The maximum atomic E-state index is 9.17. The summed E-state index contributed by atoms with van der Waals surface area (Å²) in [6, 6.07) is 7.56. The van der Waals surface area contributed by atoms with Crippen molar-refractivity contribution in [2.75, 3.05) is 51.9 Å². The highest BCUT2D eigenvalue weighted by molar-refractivity contribution is 5.97. The Hall–Kier alpha value is -3.66. The van der Waals surface area contributed by atoms with Crippen LogP contribution < -0.4 is 34.3 Å². The number of rotatable bonds is 9. The monoisotopic (exact) mass is 428 g/mol. The number of hydrogen-bond donors (Lipinski definition) is 3. The molecule has 0 saturated carbocycles. The summed E-state index contributed by atoms with van der Waals surface area (Å²) < 4.78 is 27.4. The van der Waals surface area contributed by atoms with Crippen LogP contribution in [0.2, 0.25) is 0 Å². The van der Waals surface area contributed by atoms with Gasteiger partial charge in [-0.1, -0.05) is 6.07 Å². The number of hydrogen-bond acceptors (Lipinski definition) is 10. The third kappa shape index (κ3) is 4.02. The summed E-state index contributed by atoms with van der Waals surface area (Å²) >= 11 is 0. The van der Waals surface area contributed by atoms with E-state index in [0.717, 1.165) is 11.3 Å². The van der Waals surface area contributed by atoms with Crippen LogP contribution >= 0.6 is 0 Å². The van der Waals surface area contributed by atoms with E-state index in [9.17, 15) is 5.11 Å². The first-order chi connectivity index (χ1) is 15.2. The quantitative estimate of drug-likeness (QED) is 0.469. The zero-order valence-corrected chi connectivity index (χ0v) is 17.5. The van der Waals surface area contributed by atoms with Crippen LogP contribution in [0.15, 0.2) is 24.3 Å². The first kappa shape index (κ1) is 20.6. The summed E-state index contributed by atoms with van der Waals surface area (Å²) in [6.45, 7) is 0.968. The molecule has 1 aromatic heterocycles. The third-order valence-corrected chi connectivity index (χ3v) is 4.79. The van der Waals surface area contributed by atoms with Gasteiger partial charge in [0.15, 0.2) is 23.0 Å². The lowest BCUT2D eigenvalue weighted by Crippen LogP contribution is -2.11. The number of aliphatic hydroxyl groups excluding tert-OH is 1. The van der Waals surface area contributed by atoms with Crippen LogP contribution in [0.3, 0.4) is 0 Å². The van der Waals surface area contributed by atoms with Gasteiger partial charge in [-0.15, -0.1) is 0 Å². The summed E-state index contributed by atoms with van der Waals surface area (Å²) in [4.78, 5) is 9.14. The molecule has 3 aromatic rings. The van der Waals surface area contributed by atoms with E-state index in [4.69, 9.17) is 23.7 Å². The second kappa shape index (κ2) is 9.00. The molecule has 0 unspecified atom stereocenters. The molecular weight excluding hydrogens is 404 g/mol. The molecule has 2 heterocycles. The van der Waals surface area contributed by atoms with Gasteiger partial charge in [0.2, 0.25) is 18.5 Å². The molecule has 2 aromatic carbocycles. The van der Waals surface area contributed by atoms with Crippen molar-refractivity contribution in [2.45, 2.75) is 6.54 Å². The molecule has 0 spiro atoms. The van der Waals surface area contributed by atoms with Crippen molar-refractivity contribution in [1.29, 1.82) is 0 Å². The second-order valence-electron chi connectivity index (χ2n) is 6.63. The first-order valence-electron chi connectivity index (χ1n) is 9.66. The summed E-state index contributed by atoms with van der Waals surface area (Å²) in [5.41, 5.74) is 1.54. The molecule has 0 saturated heterocycles. The van der Waals surface area contributed by atoms with Gasteiger partial charge in [-0.25, -0.2) is 4.98 Å². The number of methoxy groups -OCH3 is 3. The van der Waals surface area contributed by atoms with Gasteiger partial charge < -0.3 is 39.4 Å². The summed E-state index contributed by atoms with van der Waals surface area (Å²) in [5, 5.41) is 16.2. The molecule has 0 radical (unpaired) electrons. The molecule has 10 nitrogen and oxygen atoms in total. The molecule has 4 rings (SSSR count). The number of ether oxygens (including phenoxy) is 5. The van der Waals surface area contributed by atoms with E-state index < -0.39 is 0 Å². The van der Waals surface area contributed by atoms with E-state index in [2.05, 4.69) is 20.6 Å². The van der Waals surface area contributed by atoms with Gasteiger partial charge in [0.05, 0.1) is 33.3 Å². The Bertz CT molecular complexity index is 1090. The highest BCUT2D eigenvalue weighted by Gasteiger charge is 2.21. The van der Waals surface area contributed by atoms with Crippen molar-refractivity contribution in [1.82, 2.24) is 9.97 Å². The zero-order chi connectivity index (χ0) is 21.8. The molecule has 0 aliphatic carbocycles. The zero-order valence-electron chi connectivity index (χ0n) is 17.5. The van der Waals surface area contributed by atoms with E-state index in [1.807, 2.05) is 18.2 Å². The van der Waals surface area contributed by atoms with Gasteiger partial charge in [0.25, 0.3) is 0 Å². The van der Waals surface area contributed by atoms with E-state index in [1.54, 1.807) is 20.3 Å². The van der Waals surface area contributed by atoms with Gasteiger partial charge in [-0.3, -0.25) is 0 Å². The molecule has 31 heavy (non-hydrogen) atoms. The largest absolute Gasteiger partial charge is 0.493 e.